The minimum absolute atomic E-state index is 0.144. The lowest BCUT2D eigenvalue weighted by Gasteiger charge is -2.23. The number of nitrogens with zero attached hydrogens (tertiary/aromatic N) is 2. The number of anilines is 1. The zero-order chi connectivity index (χ0) is 16.7. The lowest BCUT2D eigenvalue weighted by molar-refractivity contribution is -0.119. The second kappa shape index (κ2) is 5.87. The van der Waals surface area contributed by atoms with Crippen molar-refractivity contribution >= 4 is 29.4 Å². The van der Waals surface area contributed by atoms with E-state index < -0.39 is 6.04 Å². The molecule has 3 amide bonds. The number of hydrogen-bond donors (Lipinski definition) is 0. The highest BCUT2D eigenvalue weighted by molar-refractivity contribution is 7.99. The van der Waals surface area contributed by atoms with Crippen LogP contribution in [0, 0.1) is 0 Å². The van der Waals surface area contributed by atoms with Crippen molar-refractivity contribution in [1.82, 2.24) is 4.90 Å². The molecular formula is C18H16N2O3S. The van der Waals surface area contributed by atoms with Crippen molar-refractivity contribution in [3.05, 3.63) is 60.2 Å². The normalized spacial score (nSPS) is 22.9. The summed E-state index contributed by atoms with van der Waals surface area (Å²) in [5.74, 6) is 1.24. The number of carbonyl (C=O) groups is 2. The van der Waals surface area contributed by atoms with Crippen molar-refractivity contribution in [3.8, 4) is 5.75 Å². The molecule has 2 atom stereocenters. The van der Waals surface area contributed by atoms with E-state index in [9.17, 15) is 9.59 Å². The quantitative estimate of drug-likeness (QED) is 0.805. The van der Waals surface area contributed by atoms with E-state index in [-0.39, 0.29) is 17.3 Å². The Labute approximate surface area is 144 Å². The first-order valence-corrected chi connectivity index (χ1v) is 8.72. The summed E-state index contributed by atoms with van der Waals surface area (Å²) in [6.45, 7) is 0. The number of carbonyl (C=O) groups excluding carboxylic acids is 2. The van der Waals surface area contributed by atoms with Gasteiger partial charge in [-0.3, -0.25) is 9.69 Å². The molecule has 0 bridgehead atoms. The number of thioether (sulfide) groups is 1. The van der Waals surface area contributed by atoms with Gasteiger partial charge in [0, 0.05) is 5.75 Å². The summed E-state index contributed by atoms with van der Waals surface area (Å²) in [6.07, 6.45) is 0. The van der Waals surface area contributed by atoms with Gasteiger partial charge in [-0.2, -0.15) is 0 Å². The molecule has 2 fully saturated rings. The number of benzene rings is 2. The van der Waals surface area contributed by atoms with Gasteiger partial charge in [-0.15, -0.1) is 11.8 Å². The Kier molecular flexibility index (Phi) is 3.69. The topological polar surface area (TPSA) is 49.9 Å². The Morgan fingerprint density at radius 1 is 1.04 bits per heavy atom. The first kappa shape index (κ1) is 15.1. The number of para-hydroxylation sites is 1. The lowest BCUT2D eigenvalue weighted by Crippen LogP contribution is -2.33. The summed E-state index contributed by atoms with van der Waals surface area (Å²) in [5, 5.41) is -0.147. The molecule has 2 aliphatic heterocycles. The Hall–Kier alpha value is -2.47. The Morgan fingerprint density at radius 3 is 2.42 bits per heavy atom. The number of fused-ring (bicyclic) bond motifs is 1. The number of methoxy groups -OCH3 is 1. The summed E-state index contributed by atoms with van der Waals surface area (Å²) in [4.78, 5) is 28.6. The van der Waals surface area contributed by atoms with Crippen molar-refractivity contribution in [2.45, 2.75) is 11.4 Å². The molecule has 0 spiro atoms. The molecule has 0 N–H and O–H groups in total. The fourth-order valence-electron chi connectivity index (χ4n) is 3.13. The van der Waals surface area contributed by atoms with Crippen molar-refractivity contribution < 1.29 is 14.3 Å². The molecule has 6 heteroatoms. The zero-order valence-electron chi connectivity index (χ0n) is 13.1. The summed E-state index contributed by atoms with van der Waals surface area (Å²) in [7, 11) is 1.62. The highest BCUT2D eigenvalue weighted by Gasteiger charge is 2.53. The molecule has 24 heavy (non-hydrogen) atoms. The van der Waals surface area contributed by atoms with E-state index in [0.717, 1.165) is 11.3 Å². The Balaban J connectivity index is 1.65. The minimum Gasteiger partial charge on any atom is -0.497 e. The molecule has 5 nitrogen and oxygen atoms in total. The molecule has 2 aliphatic rings. The molecule has 122 valence electrons. The van der Waals surface area contributed by atoms with Gasteiger partial charge in [0.25, 0.3) is 5.91 Å². The molecule has 4 rings (SSSR count). The van der Waals surface area contributed by atoms with Crippen molar-refractivity contribution in [2.75, 3.05) is 17.8 Å². The van der Waals surface area contributed by atoms with Gasteiger partial charge >= 0.3 is 6.03 Å². The number of imide groups is 1. The number of ether oxygens (including phenoxy) is 1. The van der Waals surface area contributed by atoms with Crippen LogP contribution in [-0.4, -0.2) is 35.7 Å². The smallest absolute Gasteiger partial charge is 0.333 e. The molecule has 2 saturated heterocycles. The van der Waals surface area contributed by atoms with Crippen LogP contribution >= 0.6 is 11.8 Å². The van der Waals surface area contributed by atoms with Crippen LogP contribution in [0.1, 0.15) is 10.9 Å². The third kappa shape index (κ3) is 2.26. The van der Waals surface area contributed by atoms with Gasteiger partial charge in [0.1, 0.15) is 17.2 Å². The van der Waals surface area contributed by atoms with Gasteiger partial charge in [-0.05, 0) is 29.8 Å². The average molecular weight is 340 g/mol. The maximum Gasteiger partial charge on any atom is 0.333 e. The van der Waals surface area contributed by atoms with E-state index in [0.29, 0.717) is 11.4 Å². The van der Waals surface area contributed by atoms with Gasteiger partial charge in [0.2, 0.25) is 0 Å². The van der Waals surface area contributed by atoms with Crippen LogP contribution in [0.15, 0.2) is 54.6 Å². The number of amides is 3. The van der Waals surface area contributed by atoms with Crippen LogP contribution < -0.4 is 9.64 Å². The monoisotopic (exact) mass is 340 g/mol. The standard InChI is InChI=1S/C18H16N2O3S/c1-23-14-9-7-12(8-10-14)17-20-15(11-24-17)16(21)19(18(20)22)13-5-3-2-4-6-13/h2-10,15,17H,11H2,1H3/t15-,17+/m0/s1. The molecule has 2 aromatic carbocycles. The second-order valence-electron chi connectivity index (χ2n) is 5.67. The largest absolute Gasteiger partial charge is 0.497 e. The third-order valence-electron chi connectivity index (χ3n) is 4.33. The van der Waals surface area contributed by atoms with E-state index in [1.54, 1.807) is 35.9 Å². The molecule has 0 unspecified atom stereocenters. The highest BCUT2D eigenvalue weighted by Crippen LogP contribution is 2.46. The predicted molar refractivity (Wildman–Crippen MR) is 93.1 cm³/mol. The van der Waals surface area contributed by atoms with Crippen molar-refractivity contribution in [1.29, 1.82) is 0 Å². The summed E-state index contributed by atoms with van der Waals surface area (Å²) in [6, 6.07) is 16.1. The predicted octanol–water partition coefficient (Wildman–Crippen LogP) is 3.28. The Bertz CT molecular complexity index is 779. The molecular weight excluding hydrogens is 324 g/mol. The SMILES string of the molecule is COc1ccc([C@H]2SC[C@H]3C(=O)N(c4ccccc4)C(=O)N23)cc1. The van der Waals surface area contributed by atoms with Crippen molar-refractivity contribution in [2.24, 2.45) is 0 Å². The zero-order valence-corrected chi connectivity index (χ0v) is 13.9. The molecule has 2 aromatic rings. The van der Waals surface area contributed by atoms with Gasteiger partial charge in [-0.1, -0.05) is 30.3 Å². The van der Waals surface area contributed by atoms with Gasteiger partial charge in [0.15, 0.2) is 0 Å². The van der Waals surface area contributed by atoms with Crippen LogP contribution in [-0.2, 0) is 4.79 Å². The number of urea groups is 1. The van der Waals surface area contributed by atoms with Crippen LogP contribution in [0.5, 0.6) is 5.75 Å². The first-order valence-electron chi connectivity index (χ1n) is 7.67. The lowest BCUT2D eigenvalue weighted by atomic mass is 10.2. The van der Waals surface area contributed by atoms with E-state index in [1.165, 1.54) is 4.90 Å². The second-order valence-corrected chi connectivity index (χ2v) is 6.79. The molecule has 0 aromatic heterocycles. The van der Waals surface area contributed by atoms with Crippen LogP contribution in [0.25, 0.3) is 0 Å². The fraction of sp³-hybridized carbons (Fsp3) is 0.222. The van der Waals surface area contributed by atoms with E-state index in [1.807, 2.05) is 42.5 Å². The maximum absolute atomic E-state index is 12.9. The third-order valence-corrected chi connectivity index (χ3v) is 5.66. The maximum atomic E-state index is 12.9. The highest BCUT2D eigenvalue weighted by atomic mass is 32.2. The first-order chi connectivity index (χ1) is 11.7. The summed E-state index contributed by atoms with van der Waals surface area (Å²) >= 11 is 1.62. The number of rotatable bonds is 3. The van der Waals surface area contributed by atoms with Crippen LogP contribution in [0.4, 0.5) is 10.5 Å². The summed E-state index contributed by atoms with van der Waals surface area (Å²) < 4.78 is 5.18. The Morgan fingerprint density at radius 2 is 1.75 bits per heavy atom. The summed E-state index contributed by atoms with van der Waals surface area (Å²) in [5.41, 5.74) is 1.62. The molecule has 0 saturated carbocycles. The molecule has 2 heterocycles. The molecule has 0 radical (unpaired) electrons. The van der Waals surface area contributed by atoms with Gasteiger partial charge in [0.05, 0.1) is 12.8 Å². The molecule has 0 aliphatic carbocycles. The minimum atomic E-state index is -0.394. The van der Waals surface area contributed by atoms with Gasteiger partial charge < -0.3 is 4.74 Å². The van der Waals surface area contributed by atoms with Crippen LogP contribution in [0.3, 0.4) is 0 Å². The van der Waals surface area contributed by atoms with E-state index >= 15 is 0 Å². The fourth-order valence-corrected chi connectivity index (χ4v) is 4.54. The number of hydrogen-bond acceptors (Lipinski definition) is 4. The van der Waals surface area contributed by atoms with Crippen LogP contribution in [0.2, 0.25) is 0 Å². The van der Waals surface area contributed by atoms with E-state index in [4.69, 9.17) is 4.74 Å². The average Bonchev–Trinajstić information content (AvgIpc) is 3.17. The van der Waals surface area contributed by atoms with E-state index in [2.05, 4.69) is 0 Å². The van der Waals surface area contributed by atoms with Crippen molar-refractivity contribution in [3.63, 3.8) is 0 Å². The van der Waals surface area contributed by atoms with Gasteiger partial charge in [-0.25, -0.2) is 9.69 Å².